The number of hydrogen-bond donors (Lipinski definition) is 9. The van der Waals surface area contributed by atoms with Gasteiger partial charge in [-0.1, -0.05) is 0 Å². The van der Waals surface area contributed by atoms with Crippen molar-refractivity contribution in [3.05, 3.63) is 0 Å². The number of ether oxygens (including phenoxy) is 3. The van der Waals surface area contributed by atoms with Crippen molar-refractivity contribution in [2.24, 2.45) is 0 Å². The van der Waals surface area contributed by atoms with Gasteiger partial charge in [-0.3, -0.25) is 0 Å². The van der Waals surface area contributed by atoms with Crippen molar-refractivity contribution in [2.45, 2.75) is 60.9 Å². The maximum atomic E-state index is 11.4. The van der Waals surface area contributed by atoms with Gasteiger partial charge in [0.2, 0.25) is 5.60 Å². The molecule has 0 aliphatic carbocycles. The molecule has 0 aromatic rings. The van der Waals surface area contributed by atoms with Crippen LogP contribution in [0, 0.1) is 0 Å². The highest BCUT2D eigenvalue weighted by atomic mass is 16.7. The van der Waals surface area contributed by atoms with Gasteiger partial charge in [0.15, 0.2) is 12.6 Å². The summed E-state index contributed by atoms with van der Waals surface area (Å²) in [6.07, 6.45) is -16.9. The summed E-state index contributed by atoms with van der Waals surface area (Å²) in [5.74, 6) is -1.86. The summed E-state index contributed by atoms with van der Waals surface area (Å²) in [4.78, 5) is 11.4. The lowest BCUT2D eigenvalue weighted by atomic mass is 9.87. The first kappa shape index (κ1) is 21.3. The zero-order valence-corrected chi connectivity index (χ0v) is 13.3. The molecule has 0 bridgehead atoms. The number of aliphatic hydroxyl groups excluding tert-OH is 8. The summed E-state index contributed by atoms with van der Waals surface area (Å²) in [7, 11) is 0. The molecule has 0 aromatic carbocycles. The zero-order chi connectivity index (χ0) is 19.8. The van der Waals surface area contributed by atoms with Crippen LogP contribution in [0.2, 0.25) is 0 Å². The first-order valence-electron chi connectivity index (χ1n) is 7.63. The number of carboxylic acid groups (broad SMARTS) is 1. The number of carbonyl (C=O) groups is 1. The third-order valence-corrected chi connectivity index (χ3v) is 4.48. The summed E-state index contributed by atoms with van der Waals surface area (Å²) < 4.78 is 15.0. The van der Waals surface area contributed by atoms with Gasteiger partial charge in [-0.2, -0.15) is 0 Å². The Morgan fingerprint density at radius 2 is 1.58 bits per heavy atom. The van der Waals surface area contributed by atoms with Crippen LogP contribution < -0.4 is 0 Å². The molecular formula is C13H22O13. The largest absolute Gasteiger partial charge is 0.479 e. The van der Waals surface area contributed by atoms with Crippen LogP contribution in [0.25, 0.3) is 0 Å². The second-order valence-electron chi connectivity index (χ2n) is 6.09. The van der Waals surface area contributed by atoms with Crippen molar-refractivity contribution >= 4 is 5.97 Å². The lowest BCUT2D eigenvalue weighted by Gasteiger charge is -2.48. The normalized spacial score (nSPS) is 49.8. The van der Waals surface area contributed by atoms with E-state index < -0.39 is 80.1 Å². The van der Waals surface area contributed by atoms with Crippen molar-refractivity contribution in [1.82, 2.24) is 0 Å². The Kier molecular flexibility index (Phi) is 6.53. The second-order valence-corrected chi connectivity index (χ2v) is 6.09. The van der Waals surface area contributed by atoms with E-state index in [1.165, 1.54) is 0 Å². The van der Waals surface area contributed by atoms with Crippen LogP contribution in [0.3, 0.4) is 0 Å². The Bertz CT molecular complexity index is 500. The van der Waals surface area contributed by atoms with Crippen LogP contribution in [-0.4, -0.2) is 126 Å². The number of aliphatic carboxylic acids is 1. The van der Waals surface area contributed by atoms with E-state index in [9.17, 15) is 50.8 Å². The maximum absolute atomic E-state index is 11.4. The van der Waals surface area contributed by atoms with E-state index in [4.69, 9.17) is 14.2 Å². The van der Waals surface area contributed by atoms with Crippen molar-refractivity contribution in [1.29, 1.82) is 0 Å². The second kappa shape index (κ2) is 7.95. The minimum absolute atomic E-state index is 0.802. The minimum atomic E-state index is -2.74. The van der Waals surface area contributed by atoms with Gasteiger partial charge in [-0.05, 0) is 0 Å². The average molecular weight is 386 g/mol. The highest BCUT2D eigenvalue weighted by molar-refractivity contribution is 5.79. The highest BCUT2D eigenvalue weighted by Gasteiger charge is 2.60. The van der Waals surface area contributed by atoms with Crippen LogP contribution >= 0.6 is 0 Å². The predicted molar refractivity (Wildman–Crippen MR) is 75.2 cm³/mol. The molecule has 2 aliphatic rings. The summed E-state index contributed by atoms with van der Waals surface area (Å²) >= 11 is 0. The smallest absolute Gasteiger partial charge is 0.341 e. The maximum Gasteiger partial charge on any atom is 0.341 e. The van der Waals surface area contributed by atoms with Crippen molar-refractivity contribution in [3.63, 3.8) is 0 Å². The SMILES string of the molecule is O=C(O)[C@]1(CO)O[C@H](O[C@H]2[C@H](O)[C@@H](O)[C@H](O)O[C@@H]2CO)[C@H](O)[C@@H](O)[C@H]1O. The molecule has 0 amide bonds. The summed E-state index contributed by atoms with van der Waals surface area (Å²) in [5.41, 5.74) is -2.74. The van der Waals surface area contributed by atoms with Gasteiger partial charge < -0.3 is 60.2 Å². The van der Waals surface area contributed by atoms with Gasteiger partial charge in [0.1, 0.15) is 42.7 Å². The monoisotopic (exact) mass is 386 g/mol. The van der Waals surface area contributed by atoms with E-state index in [1.807, 2.05) is 0 Å². The molecule has 9 N–H and O–H groups in total. The van der Waals surface area contributed by atoms with E-state index >= 15 is 0 Å². The van der Waals surface area contributed by atoms with Crippen LogP contribution in [0.4, 0.5) is 0 Å². The summed E-state index contributed by atoms with van der Waals surface area (Å²) in [6.45, 7) is -2.09. The Morgan fingerprint density at radius 1 is 0.962 bits per heavy atom. The van der Waals surface area contributed by atoms with E-state index in [2.05, 4.69) is 0 Å². The van der Waals surface area contributed by atoms with Crippen molar-refractivity contribution in [3.8, 4) is 0 Å². The molecule has 2 saturated heterocycles. The number of rotatable bonds is 5. The van der Waals surface area contributed by atoms with Gasteiger partial charge >= 0.3 is 5.97 Å². The fourth-order valence-electron chi connectivity index (χ4n) is 2.84. The molecule has 26 heavy (non-hydrogen) atoms. The molecule has 10 atom stereocenters. The van der Waals surface area contributed by atoms with Gasteiger partial charge in [0.05, 0.1) is 13.2 Å². The zero-order valence-electron chi connectivity index (χ0n) is 13.3. The Morgan fingerprint density at radius 3 is 2.08 bits per heavy atom. The molecule has 2 heterocycles. The lowest BCUT2D eigenvalue weighted by molar-refractivity contribution is -0.370. The molecule has 13 heteroatoms. The molecule has 2 fully saturated rings. The molecule has 2 rings (SSSR count). The van der Waals surface area contributed by atoms with Crippen molar-refractivity contribution in [2.75, 3.05) is 13.2 Å². The third-order valence-electron chi connectivity index (χ3n) is 4.48. The molecule has 152 valence electrons. The number of carboxylic acids is 1. The van der Waals surface area contributed by atoms with Crippen LogP contribution in [-0.2, 0) is 19.0 Å². The molecule has 0 radical (unpaired) electrons. The highest BCUT2D eigenvalue weighted by Crippen LogP contribution is 2.33. The molecule has 2 aliphatic heterocycles. The number of hydrogen-bond acceptors (Lipinski definition) is 12. The quantitative estimate of drug-likeness (QED) is 0.215. The lowest BCUT2D eigenvalue weighted by Crippen LogP contribution is -2.70. The topological polar surface area (TPSA) is 227 Å². The van der Waals surface area contributed by atoms with Gasteiger partial charge in [-0.15, -0.1) is 0 Å². The standard InChI is InChI=1S/C13H22O13/c14-1-3-8(4(16)6(18)10(21)24-3)25-11-7(19)5(17)9(20)13(2-15,26-11)12(22)23/h3-11,14-21H,1-2H2,(H,22,23)/t3-,4-,5-,6-,7-,8-,9-,10-,11+,13-/m1/s1. The van der Waals surface area contributed by atoms with Gasteiger partial charge in [-0.25, -0.2) is 4.79 Å². The molecule has 0 saturated carbocycles. The molecular weight excluding hydrogens is 364 g/mol. The van der Waals surface area contributed by atoms with E-state index in [1.54, 1.807) is 0 Å². The van der Waals surface area contributed by atoms with Crippen LogP contribution in [0.15, 0.2) is 0 Å². The Hall–Kier alpha value is -0.970. The summed E-state index contributed by atoms with van der Waals surface area (Å²) in [6, 6.07) is 0. The molecule has 0 spiro atoms. The van der Waals surface area contributed by atoms with Gasteiger partial charge in [0, 0.05) is 0 Å². The van der Waals surface area contributed by atoms with Crippen LogP contribution in [0.1, 0.15) is 0 Å². The first-order chi connectivity index (χ1) is 12.1. The molecule has 0 aromatic heterocycles. The van der Waals surface area contributed by atoms with Gasteiger partial charge in [0.25, 0.3) is 0 Å². The van der Waals surface area contributed by atoms with Crippen molar-refractivity contribution < 1.29 is 65.0 Å². The minimum Gasteiger partial charge on any atom is -0.479 e. The molecule has 13 nitrogen and oxygen atoms in total. The fourth-order valence-corrected chi connectivity index (χ4v) is 2.84. The van der Waals surface area contributed by atoms with E-state index in [-0.39, 0.29) is 0 Å². The fraction of sp³-hybridized carbons (Fsp3) is 0.923. The number of aliphatic hydroxyl groups is 8. The Balaban J connectivity index is 2.27. The third kappa shape index (κ3) is 3.44. The summed E-state index contributed by atoms with van der Waals surface area (Å²) in [5, 5.41) is 86.6. The Labute approximate surface area is 146 Å². The van der Waals surface area contributed by atoms with E-state index in [0.717, 1.165) is 0 Å². The first-order valence-corrected chi connectivity index (χ1v) is 7.63. The predicted octanol–water partition coefficient (Wildman–Crippen LogP) is -5.94. The average Bonchev–Trinajstić information content (AvgIpc) is 2.61. The molecule has 0 unspecified atom stereocenters. The van der Waals surface area contributed by atoms with E-state index in [0.29, 0.717) is 0 Å². The van der Waals surface area contributed by atoms with Crippen LogP contribution in [0.5, 0.6) is 0 Å².